The molecule has 8 heteroatoms. The summed E-state index contributed by atoms with van der Waals surface area (Å²) in [7, 11) is 0. The lowest BCUT2D eigenvalue weighted by Crippen LogP contribution is -2.08. The molecule has 0 atom stereocenters. The number of pyridine rings is 1. The summed E-state index contributed by atoms with van der Waals surface area (Å²) in [5.41, 5.74) is 0.587. The van der Waals surface area contributed by atoms with Crippen LogP contribution in [0.15, 0.2) is 42.6 Å². The Bertz CT molecular complexity index is 752. The lowest BCUT2D eigenvalue weighted by atomic mass is 10.2. The number of hydrogen-bond donors (Lipinski definition) is 1. The fourth-order valence-corrected chi connectivity index (χ4v) is 1.99. The van der Waals surface area contributed by atoms with Crippen LogP contribution < -0.4 is 14.8 Å². The van der Waals surface area contributed by atoms with Gasteiger partial charge in [-0.1, -0.05) is 17.7 Å². The molecule has 1 heterocycles. The van der Waals surface area contributed by atoms with E-state index in [2.05, 4.69) is 15.0 Å². The maximum absolute atomic E-state index is 12.4. The number of amides is 1. The van der Waals surface area contributed by atoms with E-state index in [1.54, 1.807) is 19.1 Å². The van der Waals surface area contributed by atoms with E-state index in [1.165, 1.54) is 36.5 Å². The van der Waals surface area contributed by atoms with Gasteiger partial charge in [0.1, 0.15) is 5.82 Å². The van der Waals surface area contributed by atoms with Gasteiger partial charge < -0.3 is 14.8 Å². The molecule has 0 unspecified atom stereocenters. The first-order valence-corrected chi connectivity index (χ1v) is 7.68. The van der Waals surface area contributed by atoms with Gasteiger partial charge in [0.25, 0.3) is 0 Å². The highest BCUT2D eigenvalue weighted by Gasteiger charge is 2.11. The Labute approximate surface area is 148 Å². The highest BCUT2D eigenvalue weighted by Crippen LogP contribution is 2.30. The van der Waals surface area contributed by atoms with E-state index in [9.17, 15) is 13.6 Å². The molecule has 0 fully saturated rings. The number of nitrogens with one attached hydrogen (secondary N) is 1. The van der Waals surface area contributed by atoms with Gasteiger partial charge in [-0.05, 0) is 42.8 Å². The number of benzene rings is 1. The molecule has 132 valence electrons. The SMILES string of the molecule is CCOc1cc(/C=C/C(=O)Nc2ccc(Cl)cn2)ccc1OC(F)F. The Morgan fingerprint density at radius 2 is 2.12 bits per heavy atom. The number of hydrogen-bond acceptors (Lipinski definition) is 4. The second-order valence-corrected chi connectivity index (χ2v) is 5.14. The number of carbonyl (C=O) groups is 1. The molecule has 0 radical (unpaired) electrons. The summed E-state index contributed by atoms with van der Waals surface area (Å²) >= 11 is 5.72. The number of halogens is 3. The fraction of sp³-hybridized carbons (Fsp3) is 0.176. The second kappa shape index (κ2) is 8.98. The van der Waals surface area contributed by atoms with Crippen LogP contribution in [0.4, 0.5) is 14.6 Å². The van der Waals surface area contributed by atoms with E-state index >= 15 is 0 Å². The van der Waals surface area contributed by atoms with E-state index < -0.39 is 12.5 Å². The number of nitrogens with zero attached hydrogens (tertiary/aromatic N) is 1. The number of aromatic nitrogens is 1. The van der Waals surface area contributed by atoms with Crippen molar-refractivity contribution in [3.63, 3.8) is 0 Å². The minimum absolute atomic E-state index is 0.0659. The molecule has 1 amide bonds. The van der Waals surface area contributed by atoms with Crippen molar-refractivity contribution in [1.29, 1.82) is 0 Å². The van der Waals surface area contributed by atoms with Crippen molar-refractivity contribution in [2.24, 2.45) is 0 Å². The van der Waals surface area contributed by atoms with E-state index in [-0.39, 0.29) is 18.1 Å². The highest BCUT2D eigenvalue weighted by atomic mass is 35.5. The molecule has 0 saturated carbocycles. The minimum atomic E-state index is -2.95. The van der Waals surface area contributed by atoms with Gasteiger partial charge >= 0.3 is 6.61 Å². The average Bonchev–Trinajstić information content (AvgIpc) is 2.57. The Kier molecular flexibility index (Phi) is 6.71. The molecule has 25 heavy (non-hydrogen) atoms. The van der Waals surface area contributed by atoms with Gasteiger partial charge in [0.05, 0.1) is 11.6 Å². The predicted molar refractivity (Wildman–Crippen MR) is 91.2 cm³/mol. The fourth-order valence-electron chi connectivity index (χ4n) is 1.88. The van der Waals surface area contributed by atoms with Crippen LogP contribution in [-0.4, -0.2) is 24.1 Å². The third-order valence-electron chi connectivity index (χ3n) is 2.89. The monoisotopic (exact) mass is 368 g/mol. The largest absolute Gasteiger partial charge is 0.490 e. The van der Waals surface area contributed by atoms with Gasteiger partial charge in [-0.2, -0.15) is 8.78 Å². The highest BCUT2D eigenvalue weighted by molar-refractivity contribution is 6.30. The molecule has 0 spiro atoms. The Hall–Kier alpha value is -2.67. The molecule has 1 aromatic heterocycles. The maximum Gasteiger partial charge on any atom is 0.387 e. The van der Waals surface area contributed by atoms with Gasteiger partial charge in [0, 0.05) is 12.3 Å². The van der Waals surface area contributed by atoms with Gasteiger partial charge in [-0.15, -0.1) is 0 Å². The van der Waals surface area contributed by atoms with Crippen LogP contribution in [0.3, 0.4) is 0 Å². The molecular weight excluding hydrogens is 354 g/mol. The smallest absolute Gasteiger partial charge is 0.387 e. The zero-order chi connectivity index (χ0) is 18.2. The summed E-state index contributed by atoms with van der Waals surface area (Å²) in [6.45, 7) is -0.935. The summed E-state index contributed by atoms with van der Waals surface area (Å²) in [6.07, 6.45) is 4.21. The topological polar surface area (TPSA) is 60.5 Å². The van der Waals surface area contributed by atoms with Crippen LogP contribution in [0.5, 0.6) is 11.5 Å². The summed E-state index contributed by atoms with van der Waals surface area (Å²) in [6, 6.07) is 7.56. The summed E-state index contributed by atoms with van der Waals surface area (Å²) in [5.74, 6) is 0.0592. The van der Waals surface area contributed by atoms with Gasteiger partial charge in [0.2, 0.25) is 5.91 Å². The zero-order valence-electron chi connectivity index (χ0n) is 13.2. The molecule has 0 aliphatic carbocycles. The van der Waals surface area contributed by atoms with Crippen molar-refractivity contribution >= 4 is 29.4 Å². The average molecular weight is 369 g/mol. The van der Waals surface area contributed by atoms with Crippen molar-refractivity contribution in [2.75, 3.05) is 11.9 Å². The number of alkyl halides is 2. The third-order valence-corrected chi connectivity index (χ3v) is 3.11. The quantitative estimate of drug-likeness (QED) is 0.736. The zero-order valence-corrected chi connectivity index (χ0v) is 14.0. The van der Waals surface area contributed by atoms with Crippen molar-refractivity contribution in [3.8, 4) is 11.5 Å². The van der Waals surface area contributed by atoms with Crippen LogP contribution in [0.2, 0.25) is 5.02 Å². The van der Waals surface area contributed by atoms with E-state index in [0.29, 0.717) is 16.4 Å². The van der Waals surface area contributed by atoms with Crippen molar-refractivity contribution < 1.29 is 23.0 Å². The standard InChI is InChI=1S/C17H15ClF2N2O3/c1-2-24-14-9-11(3-6-13(14)25-17(19)20)4-8-16(23)22-15-7-5-12(18)10-21-15/h3-10,17H,2H2,1H3,(H,21,22,23)/b8-4+. The Balaban J connectivity index is 2.07. The van der Waals surface area contributed by atoms with Crippen LogP contribution in [-0.2, 0) is 4.79 Å². The number of carbonyl (C=O) groups excluding carboxylic acids is 1. The molecule has 2 aromatic rings. The first-order valence-electron chi connectivity index (χ1n) is 7.30. The van der Waals surface area contributed by atoms with Crippen LogP contribution in [0, 0.1) is 0 Å². The Morgan fingerprint density at radius 3 is 2.76 bits per heavy atom. The lowest BCUT2D eigenvalue weighted by molar-refractivity contribution is -0.111. The second-order valence-electron chi connectivity index (χ2n) is 4.70. The van der Waals surface area contributed by atoms with E-state index in [1.807, 2.05) is 0 Å². The molecule has 0 aliphatic heterocycles. The molecule has 2 rings (SSSR count). The minimum Gasteiger partial charge on any atom is -0.490 e. The van der Waals surface area contributed by atoms with Crippen LogP contribution in [0.1, 0.15) is 12.5 Å². The van der Waals surface area contributed by atoms with Gasteiger partial charge in [-0.3, -0.25) is 4.79 Å². The molecule has 1 aromatic carbocycles. The van der Waals surface area contributed by atoms with Crippen molar-refractivity contribution in [2.45, 2.75) is 13.5 Å². The molecule has 0 bridgehead atoms. The first-order chi connectivity index (χ1) is 12.0. The number of anilines is 1. The van der Waals surface area contributed by atoms with Crippen molar-refractivity contribution in [1.82, 2.24) is 4.98 Å². The summed E-state index contributed by atoms with van der Waals surface area (Å²) in [4.78, 5) is 15.8. The lowest BCUT2D eigenvalue weighted by Gasteiger charge is -2.11. The van der Waals surface area contributed by atoms with E-state index in [4.69, 9.17) is 16.3 Å². The summed E-state index contributed by atoms with van der Waals surface area (Å²) < 4.78 is 34.4. The predicted octanol–water partition coefficient (Wildman–Crippen LogP) is 4.39. The number of ether oxygens (including phenoxy) is 2. The van der Waals surface area contributed by atoms with Crippen LogP contribution in [0.25, 0.3) is 6.08 Å². The molecule has 0 saturated heterocycles. The molecule has 0 aliphatic rings. The van der Waals surface area contributed by atoms with E-state index in [0.717, 1.165) is 0 Å². The molecule has 5 nitrogen and oxygen atoms in total. The first kappa shape index (κ1) is 18.7. The normalized spacial score (nSPS) is 10.9. The Morgan fingerprint density at radius 1 is 1.32 bits per heavy atom. The van der Waals surface area contributed by atoms with Gasteiger partial charge in [-0.25, -0.2) is 4.98 Å². The maximum atomic E-state index is 12.4. The van der Waals surface area contributed by atoms with Crippen molar-refractivity contribution in [3.05, 3.63) is 53.2 Å². The molecular formula is C17H15ClF2N2O3. The van der Waals surface area contributed by atoms with Crippen LogP contribution >= 0.6 is 11.6 Å². The molecule has 1 N–H and O–H groups in total. The number of rotatable bonds is 7. The third kappa shape index (κ3) is 6.04. The summed E-state index contributed by atoms with van der Waals surface area (Å²) in [5, 5.41) is 3.03. The van der Waals surface area contributed by atoms with Gasteiger partial charge in [0.15, 0.2) is 11.5 Å².